The number of ether oxygens (including phenoxy) is 1. The van der Waals surface area contributed by atoms with Crippen LogP contribution in [0.1, 0.15) is 72.3 Å². The van der Waals surface area contributed by atoms with E-state index < -0.39 is 29.5 Å². The SMILES string of the molecule is CCCC(N)C(=O)OCCN(C)C(=O)c1c(N)c2c(c(N)c1C=O)C(=O)c1ccccc1C2=O. The van der Waals surface area contributed by atoms with E-state index in [0.717, 1.165) is 0 Å². The third-order valence-corrected chi connectivity index (χ3v) is 5.74. The minimum absolute atomic E-state index is 0.0339. The molecule has 0 bridgehead atoms. The molecule has 0 aliphatic heterocycles. The fourth-order valence-electron chi connectivity index (χ4n) is 3.89. The summed E-state index contributed by atoms with van der Waals surface area (Å²) in [4.78, 5) is 64.4. The van der Waals surface area contributed by atoms with Crippen molar-refractivity contribution >= 4 is 41.1 Å². The van der Waals surface area contributed by atoms with E-state index >= 15 is 0 Å². The van der Waals surface area contributed by atoms with Crippen molar-refractivity contribution < 1.29 is 28.7 Å². The summed E-state index contributed by atoms with van der Waals surface area (Å²) < 4.78 is 5.10. The number of nitrogens with zero attached hydrogens (tertiary/aromatic N) is 1. The number of amides is 1. The fourth-order valence-corrected chi connectivity index (χ4v) is 3.89. The quantitative estimate of drug-likeness (QED) is 0.250. The summed E-state index contributed by atoms with van der Waals surface area (Å²) in [6, 6.07) is 5.41. The maximum Gasteiger partial charge on any atom is 0.322 e. The predicted octanol–water partition coefficient (Wildman–Crippen LogP) is 1.18. The number of ketones is 2. The Morgan fingerprint density at radius 2 is 1.62 bits per heavy atom. The highest BCUT2D eigenvalue weighted by Crippen LogP contribution is 2.39. The number of benzene rings is 2. The van der Waals surface area contributed by atoms with E-state index in [0.29, 0.717) is 19.1 Å². The van der Waals surface area contributed by atoms with Crippen LogP contribution in [0.2, 0.25) is 0 Å². The summed E-state index contributed by atoms with van der Waals surface area (Å²) in [5.41, 5.74) is 16.7. The summed E-state index contributed by atoms with van der Waals surface area (Å²) in [6.07, 6.45) is 1.51. The van der Waals surface area contributed by atoms with E-state index in [2.05, 4.69) is 0 Å². The Hall–Kier alpha value is -4.05. The van der Waals surface area contributed by atoms with Gasteiger partial charge in [0.25, 0.3) is 5.91 Å². The second-order valence-corrected chi connectivity index (χ2v) is 7.98. The first-order chi connectivity index (χ1) is 16.1. The molecular weight excluding hydrogens is 440 g/mol. The van der Waals surface area contributed by atoms with Gasteiger partial charge < -0.3 is 26.8 Å². The van der Waals surface area contributed by atoms with Gasteiger partial charge in [0.2, 0.25) is 0 Å². The molecule has 0 saturated heterocycles. The molecule has 0 aromatic heterocycles. The molecule has 10 heteroatoms. The molecule has 1 amide bonds. The number of nitrogen functional groups attached to an aromatic ring is 2. The molecule has 0 heterocycles. The summed E-state index contributed by atoms with van der Waals surface area (Å²) in [7, 11) is 1.41. The van der Waals surface area contributed by atoms with Gasteiger partial charge in [-0.05, 0) is 6.42 Å². The Kier molecular flexibility index (Phi) is 7.11. The zero-order chi connectivity index (χ0) is 25.2. The van der Waals surface area contributed by atoms with E-state index in [1.54, 1.807) is 12.1 Å². The van der Waals surface area contributed by atoms with Crippen LogP contribution >= 0.6 is 0 Å². The van der Waals surface area contributed by atoms with Crippen molar-refractivity contribution in [2.24, 2.45) is 5.73 Å². The van der Waals surface area contributed by atoms with Crippen molar-refractivity contribution in [1.29, 1.82) is 0 Å². The highest BCUT2D eigenvalue weighted by molar-refractivity contribution is 6.33. The Morgan fingerprint density at radius 1 is 1.06 bits per heavy atom. The minimum atomic E-state index is -0.754. The lowest BCUT2D eigenvalue weighted by atomic mass is 9.79. The molecule has 1 aliphatic rings. The summed E-state index contributed by atoms with van der Waals surface area (Å²) >= 11 is 0. The number of nitrogens with two attached hydrogens (primary N) is 3. The molecule has 2 aromatic carbocycles. The van der Waals surface area contributed by atoms with Crippen LogP contribution in [-0.4, -0.2) is 60.9 Å². The molecule has 6 N–H and O–H groups in total. The smallest absolute Gasteiger partial charge is 0.322 e. The minimum Gasteiger partial charge on any atom is -0.463 e. The third-order valence-electron chi connectivity index (χ3n) is 5.74. The molecule has 178 valence electrons. The van der Waals surface area contributed by atoms with Gasteiger partial charge in [-0.15, -0.1) is 0 Å². The highest BCUT2D eigenvalue weighted by Gasteiger charge is 2.37. The van der Waals surface area contributed by atoms with Gasteiger partial charge in [0, 0.05) is 18.2 Å². The normalized spacial score (nSPS) is 13.0. The van der Waals surface area contributed by atoms with Crippen molar-refractivity contribution in [2.45, 2.75) is 25.8 Å². The molecule has 2 aromatic rings. The standard InChI is InChI=1S/C24H26N4O6/c1-3-6-15(25)24(33)34-10-9-28(2)23(32)16-14(11-29)19(26)17-18(20(16)27)22(31)13-8-5-4-7-12(13)21(17)30/h4-5,7-8,11,15H,3,6,9-10,25-27H2,1-2H3. The number of carbonyl (C=O) groups is 5. The maximum absolute atomic E-state index is 13.2. The Bertz CT molecular complexity index is 1210. The highest BCUT2D eigenvalue weighted by atomic mass is 16.5. The van der Waals surface area contributed by atoms with Crippen LogP contribution in [-0.2, 0) is 9.53 Å². The van der Waals surface area contributed by atoms with Crippen LogP contribution in [0.25, 0.3) is 0 Å². The number of rotatable bonds is 8. The van der Waals surface area contributed by atoms with E-state index in [1.165, 1.54) is 24.1 Å². The molecule has 34 heavy (non-hydrogen) atoms. The lowest BCUT2D eigenvalue weighted by Crippen LogP contribution is -2.36. The van der Waals surface area contributed by atoms with Crippen molar-refractivity contribution in [1.82, 2.24) is 4.90 Å². The first kappa shape index (κ1) is 24.6. The van der Waals surface area contributed by atoms with E-state index in [4.69, 9.17) is 21.9 Å². The van der Waals surface area contributed by atoms with Crippen molar-refractivity contribution in [3.63, 3.8) is 0 Å². The van der Waals surface area contributed by atoms with Crippen LogP contribution in [0.15, 0.2) is 24.3 Å². The van der Waals surface area contributed by atoms with Gasteiger partial charge in [-0.2, -0.15) is 0 Å². The molecule has 1 unspecified atom stereocenters. The van der Waals surface area contributed by atoms with Gasteiger partial charge in [0.05, 0.1) is 40.2 Å². The molecule has 10 nitrogen and oxygen atoms in total. The van der Waals surface area contributed by atoms with Gasteiger partial charge in [0.15, 0.2) is 17.9 Å². The molecule has 0 saturated carbocycles. The molecule has 0 fully saturated rings. The summed E-state index contributed by atoms with van der Waals surface area (Å²) in [5, 5.41) is 0. The first-order valence-electron chi connectivity index (χ1n) is 10.7. The van der Waals surface area contributed by atoms with Gasteiger partial charge in [-0.1, -0.05) is 37.6 Å². The zero-order valence-electron chi connectivity index (χ0n) is 18.9. The number of hydrogen-bond donors (Lipinski definition) is 3. The summed E-state index contributed by atoms with van der Waals surface area (Å²) in [5.74, 6) is -2.43. The van der Waals surface area contributed by atoms with E-state index in [9.17, 15) is 24.0 Å². The van der Waals surface area contributed by atoms with Gasteiger partial charge in [-0.3, -0.25) is 24.0 Å². The molecule has 0 radical (unpaired) electrons. The molecule has 0 spiro atoms. The van der Waals surface area contributed by atoms with Crippen molar-refractivity contribution in [2.75, 3.05) is 31.7 Å². The fraction of sp³-hybridized carbons (Fsp3) is 0.292. The number of fused-ring (bicyclic) bond motifs is 2. The molecule has 1 aliphatic carbocycles. The topological polar surface area (TPSA) is 176 Å². The van der Waals surface area contributed by atoms with Crippen LogP contribution in [0.5, 0.6) is 0 Å². The number of anilines is 2. The van der Waals surface area contributed by atoms with Crippen LogP contribution < -0.4 is 17.2 Å². The van der Waals surface area contributed by atoms with E-state index in [1.807, 2.05) is 6.92 Å². The Balaban J connectivity index is 1.95. The number of likely N-dealkylation sites (N-methyl/N-ethyl adjacent to an activating group) is 1. The number of aldehydes is 1. The lowest BCUT2D eigenvalue weighted by molar-refractivity contribution is -0.145. The second kappa shape index (κ2) is 9.84. The Labute approximate surface area is 196 Å². The molecule has 1 atom stereocenters. The van der Waals surface area contributed by atoms with Gasteiger partial charge in [0.1, 0.15) is 12.6 Å². The zero-order valence-corrected chi connectivity index (χ0v) is 18.9. The lowest BCUT2D eigenvalue weighted by Gasteiger charge is -2.25. The predicted molar refractivity (Wildman–Crippen MR) is 125 cm³/mol. The third kappa shape index (κ3) is 4.15. The summed E-state index contributed by atoms with van der Waals surface area (Å²) in [6.45, 7) is 1.71. The maximum atomic E-state index is 13.2. The van der Waals surface area contributed by atoms with Gasteiger partial charge in [-0.25, -0.2) is 0 Å². The van der Waals surface area contributed by atoms with Crippen molar-refractivity contribution in [3.05, 3.63) is 57.6 Å². The van der Waals surface area contributed by atoms with Crippen LogP contribution in [0.3, 0.4) is 0 Å². The number of esters is 1. The number of hydrogen-bond acceptors (Lipinski definition) is 9. The molecular formula is C24H26N4O6. The average Bonchev–Trinajstić information content (AvgIpc) is 2.82. The number of carbonyl (C=O) groups excluding carboxylic acids is 5. The first-order valence-corrected chi connectivity index (χ1v) is 10.7. The largest absolute Gasteiger partial charge is 0.463 e. The van der Waals surface area contributed by atoms with E-state index in [-0.39, 0.29) is 57.9 Å². The average molecular weight is 466 g/mol. The second-order valence-electron chi connectivity index (χ2n) is 7.98. The van der Waals surface area contributed by atoms with Crippen LogP contribution in [0, 0.1) is 0 Å². The van der Waals surface area contributed by atoms with Crippen LogP contribution in [0.4, 0.5) is 11.4 Å². The monoisotopic (exact) mass is 466 g/mol. The molecule has 3 rings (SSSR count). The van der Waals surface area contributed by atoms with Crippen molar-refractivity contribution in [3.8, 4) is 0 Å². The Morgan fingerprint density at radius 3 is 2.15 bits per heavy atom. The van der Waals surface area contributed by atoms with Gasteiger partial charge >= 0.3 is 5.97 Å².